The molecule has 0 aromatic carbocycles. The van der Waals surface area contributed by atoms with Gasteiger partial charge in [0.2, 0.25) is 0 Å². The smallest absolute Gasteiger partial charge is 0.550 e. The molecule has 0 bridgehead atoms. The maximum atomic E-state index is 10.1. The number of rotatable bonds is 9. The van der Waals surface area contributed by atoms with E-state index >= 15 is 0 Å². The molecule has 1 atom stereocenters. The number of carboxylic acid groups (broad SMARTS) is 1. The van der Waals surface area contributed by atoms with E-state index in [9.17, 15) is 15.0 Å². The summed E-state index contributed by atoms with van der Waals surface area (Å²) in [4.78, 5) is 10.1. The first-order valence-corrected chi connectivity index (χ1v) is 5.54. The summed E-state index contributed by atoms with van der Waals surface area (Å²) in [6.45, 7) is 2.15. The summed E-state index contributed by atoms with van der Waals surface area (Å²) in [5.41, 5.74) is 0. The minimum absolute atomic E-state index is 0. The van der Waals surface area contributed by atoms with Crippen molar-refractivity contribution in [1.82, 2.24) is 0 Å². The van der Waals surface area contributed by atoms with Crippen LogP contribution in [0, 0.1) is 0 Å². The first-order chi connectivity index (χ1) is 6.66. The number of carboxylic acids is 1. The molecule has 0 aromatic rings. The summed E-state index contributed by atoms with van der Waals surface area (Å²) in [6.07, 6.45) is 6.25. The Bertz CT molecular complexity index is 151. The van der Waals surface area contributed by atoms with Crippen LogP contribution in [0.4, 0.5) is 0 Å². The molecule has 0 saturated carbocycles. The van der Waals surface area contributed by atoms with Crippen molar-refractivity contribution in [2.75, 3.05) is 0 Å². The molecule has 0 fully saturated rings. The van der Waals surface area contributed by atoms with Crippen LogP contribution in [-0.4, -0.2) is 17.2 Å². The van der Waals surface area contributed by atoms with E-state index in [1.165, 1.54) is 12.8 Å². The van der Waals surface area contributed by atoms with Gasteiger partial charge in [0.05, 0.1) is 6.10 Å². The van der Waals surface area contributed by atoms with Crippen molar-refractivity contribution in [3.63, 3.8) is 0 Å². The maximum absolute atomic E-state index is 10.1. The van der Waals surface area contributed by atoms with Crippen LogP contribution in [0.15, 0.2) is 0 Å². The van der Waals surface area contributed by atoms with Gasteiger partial charge in [0.25, 0.3) is 0 Å². The van der Waals surface area contributed by atoms with Gasteiger partial charge in [0, 0.05) is 5.97 Å². The van der Waals surface area contributed by atoms with Crippen molar-refractivity contribution in [3.8, 4) is 0 Å². The molecule has 0 aliphatic rings. The van der Waals surface area contributed by atoms with Crippen LogP contribution in [0.3, 0.4) is 0 Å². The van der Waals surface area contributed by atoms with Gasteiger partial charge >= 0.3 is 29.6 Å². The summed E-state index contributed by atoms with van der Waals surface area (Å²) in [5, 5.41) is 19.5. The van der Waals surface area contributed by atoms with E-state index in [2.05, 4.69) is 6.92 Å². The fourth-order valence-corrected chi connectivity index (χ4v) is 1.43. The molecule has 0 heterocycles. The van der Waals surface area contributed by atoms with Crippen LogP contribution < -0.4 is 34.7 Å². The van der Waals surface area contributed by atoms with E-state index in [0.717, 1.165) is 19.3 Å². The average molecular weight is 224 g/mol. The van der Waals surface area contributed by atoms with E-state index in [1.54, 1.807) is 0 Å². The summed E-state index contributed by atoms with van der Waals surface area (Å²) in [7, 11) is 0. The van der Waals surface area contributed by atoms with Crippen LogP contribution in [0.1, 0.15) is 58.3 Å². The van der Waals surface area contributed by atoms with Crippen molar-refractivity contribution in [2.45, 2.75) is 64.4 Å². The Balaban J connectivity index is 0. The second-order valence-electron chi connectivity index (χ2n) is 3.77. The molecule has 0 radical (unpaired) electrons. The van der Waals surface area contributed by atoms with Gasteiger partial charge in [-0.2, -0.15) is 0 Å². The largest absolute Gasteiger partial charge is 1.00 e. The van der Waals surface area contributed by atoms with Gasteiger partial charge in [0.15, 0.2) is 0 Å². The summed E-state index contributed by atoms with van der Waals surface area (Å²) in [5.74, 6) is -1.02. The van der Waals surface area contributed by atoms with Crippen molar-refractivity contribution in [3.05, 3.63) is 0 Å². The second kappa shape index (κ2) is 12.5. The molecule has 0 aliphatic carbocycles. The third-order valence-electron chi connectivity index (χ3n) is 2.31. The Morgan fingerprint density at radius 2 is 1.80 bits per heavy atom. The number of unbranched alkanes of at least 4 members (excludes halogenated alkanes) is 3. The van der Waals surface area contributed by atoms with Gasteiger partial charge in [-0.05, 0) is 25.7 Å². The Hall–Kier alpha value is 0.430. The number of hydrogen-bond donors (Lipinski definition) is 1. The standard InChI is InChI=1S/C11H22O3.Na/c1-2-3-4-5-7-10(12)8-6-9-11(13)14;/h10,12H,2-9H2,1H3,(H,13,14);/q;+1/p-1. The first-order valence-electron chi connectivity index (χ1n) is 5.54. The molecule has 1 unspecified atom stereocenters. The van der Waals surface area contributed by atoms with E-state index in [4.69, 9.17) is 0 Å². The summed E-state index contributed by atoms with van der Waals surface area (Å²) < 4.78 is 0. The number of aliphatic hydroxyl groups is 1. The summed E-state index contributed by atoms with van der Waals surface area (Å²) in [6, 6.07) is 0. The van der Waals surface area contributed by atoms with Gasteiger partial charge in [-0.25, -0.2) is 0 Å². The molecular formula is C11H21NaO3. The average Bonchev–Trinajstić information content (AvgIpc) is 2.12. The Morgan fingerprint density at radius 1 is 1.20 bits per heavy atom. The van der Waals surface area contributed by atoms with Gasteiger partial charge < -0.3 is 15.0 Å². The molecule has 15 heavy (non-hydrogen) atoms. The predicted octanol–water partition coefficient (Wildman–Crippen LogP) is -1.76. The number of aliphatic hydroxyl groups excluding tert-OH is 1. The molecule has 0 aromatic heterocycles. The predicted molar refractivity (Wildman–Crippen MR) is 53.6 cm³/mol. The number of aliphatic carboxylic acids is 1. The fourth-order valence-electron chi connectivity index (χ4n) is 1.43. The van der Waals surface area contributed by atoms with Crippen molar-refractivity contribution in [1.29, 1.82) is 0 Å². The van der Waals surface area contributed by atoms with Gasteiger partial charge in [-0.3, -0.25) is 0 Å². The zero-order valence-electron chi connectivity index (χ0n) is 10.00. The minimum Gasteiger partial charge on any atom is -0.550 e. The monoisotopic (exact) mass is 224 g/mol. The molecule has 1 N–H and O–H groups in total. The minimum atomic E-state index is -1.02. The van der Waals surface area contributed by atoms with E-state index in [0.29, 0.717) is 12.8 Å². The normalized spacial score (nSPS) is 11.9. The molecular weight excluding hydrogens is 203 g/mol. The van der Waals surface area contributed by atoms with Crippen molar-refractivity contribution >= 4 is 5.97 Å². The van der Waals surface area contributed by atoms with Crippen LogP contribution in [0.5, 0.6) is 0 Å². The molecule has 4 heteroatoms. The van der Waals surface area contributed by atoms with Crippen LogP contribution in [0.25, 0.3) is 0 Å². The molecule has 0 saturated heterocycles. The van der Waals surface area contributed by atoms with Gasteiger partial charge in [0.1, 0.15) is 0 Å². The zero-order valence-corrected chi connectivity index (χ0v) is 12.0. The second-order valence-corrected chi connectivity index (χ2v) is 3.77. The first kappa shape index (κ1) is 17.8. The molecule has 0 rings (SSSR count). The number of carbonyl (C=O) groups excluding carboxylic acids is 1. The van der Waals surface area contributed by atoms with E-state index in [1.807, 2.05) is 0 Å². The third-order valence-corrected chi connectivity index (χ3v) is 2.31. The van der Waals surface area contributed by atoms with Crippen LogP contribution in [-0.2, 0) is 4.79 Å². The van der Waals surface area contributed by atoms with Crippen LogP contribution >= 0.6 is 0 Å². The molecule has 0 spiro atoms. The molecule has 0 amide bonds. The Labute approximate surface area is 115 Å². The Kier molecular flexibility index (Phi) is 14.8. The third kappa shape index (κ3) is 14.4. The number of hydrogen-bond acceptors (Lipinski definition) is 3. The van der Waals surface area contributed by atoms with Crippen LogP contribution in [0.2, 0.25) is 0 Å². The maximum Gasteiger partial charge on any atom is 1.00 e. The van der Waals surface area contributed by atoms with Crippen molar-refractivity contribution < 1.29 is 44.6 Å². The van der Waals surface area contributed by atoms with E-state index in [-0.39, 0.29) is 42.1 Å². The molecule has 3 nitrogen and oxygen atoms in total. The summed E-state index contributed by atoms with van der Waals surface area (Å²) >= 11 is 0. The topological polar surface area (TPSA) is 60.4 Å². The van der Waals surface area contributed by atoms with Gasteiger partial charge in [-0.1, -0.05) is 32.6 Å². The molecule has 84 valence electrons. The quantitative estimate of drug-likeness (QED) is 0.373. The number of carbonyl (C=O) groups is 1. The Morgan fingerprint density at radius 3 is 2.33 bits per heavy atom. The van der Waals surface area contributed by atoms with Crippen molar-refractivity contribution in [2.24, 2.45) is 0 Å². The zero-order chi connectivity index (χ0) is 10.8. The molecule has 0 aliphatic heterocycles. The van der Waals surface area contributed by atoms with E-state index < -0.39 is 5.97 Å². The SMILES string of the molecule is CCCCCCC(O)CCCC(=O)[O-].[Na+]. The fraction of sp³-hybridized carbons (Fsp3) is 0.909. The van der Waals surface area contributed by atoms with Gasteiger partial charge in [-0.15, -0.1) is 0 Å².